The Balaban J connectivity index is 2.24. The molecule has 3 N–H and O–H groups in total. The summed E-state index contributed by atoms with van der Waals surface area (Å²) >= 11 is 0. The zero-order chi connectivity index (χ0) is 16.8. The molecule has 2 fully saturated rings. The van der Waals surface area contributed by atoms with Crippen LogP contribution in [-0.4, -0.2) is 44.9 Å². The van der Waals surface area contributed by atoms with Crippen molar-refractivity contribution in [2.75, 3.05) is 0 Å². The van der Waals surface area contributed by atoms with Gasteiger partial charge in [0.05, 0.1) is 0 Å². The van der Waals surface area contributed by atoms with Gasteiger partial charge in [-0.3, -0.25) is 9.59 Å². The molecule has 2 aliphatic heterocycles. The monoisotopic (exact) mass is 313 g/mol. The van der Waals surface area contributed by atoms with Crippen molar-refractivity contribution < 1.29 is 24.5 Å². The standard InChI is InChI=1S/C16H27NO5/c1-5-6-7-8-9-14(4)11(18)15(20)12(22-14)16(21,10(2)3)17-13(15)19/h10,12,20-21H,5-9H2,1-4H3,(H,17,19)/t12-,14+,15-,16+/m0/s1. The summed E-state index contributed by atoms with van der Waals surface area (Å²) in [6.07, 6.45) is 3.05. The Morgan fingerprint density at radius 1 is 1.23 bits per heavy atom. The Morgan fingerprint density at radius 3 is 2.41 bits per heavy atom. The number of unbranched alkanes of at least 4 members (excludes halogenated alkanes) is 3. The molecule has 0 spiro atoms. The van der Waals surface area contributed by atoms with Gasteiger partial charge >= 0.3 is 0 Å². The third-order valence-corrected chi connectivity index (χ3v) is 5.03. The molecule has 2 rings (SSSR count). The number of hydrogen-bond donors (Lipinski definition) is 3. The van der Waals surface area contributed by atoms with Crippen molar-refractivity contribution in [2.45, 2.75) is 82.8 Å². The summed E-state index contributed by atoms with van der Waals surface area (Å²) in [6.45, 7) is 7.11. The lowest BCUT2D eigenvalue weighted by molar-refractivity contribution is -0.170. The van der Waals surface area contributed by atoms with Crippen molar-refractivity contribution in [3.63, 3.8) is 0 Å². The first-order valence-electron chi connectivity index (χ1n) is 8.13. The van der Waals surface area contributed by atoms with Crippen LogP contribution in [0.4, 0.5) is 0 Å². The fraction of sp³-hybridized carbons (Fsp3) is 0.875. The molecule has 0 aromatic rings. The van der Waals surface area contributed by atoms with Crippen LogP contribution in [-0.2, 0) is 14.3 Å². The third kappa shape index (κ3) is 2.28. The van der Waals surface area contributed by atoms with Gasteiger partial charge in [0, 0.05) is 5.92 Å². The Bertz CT molecular complexity index is 479. The number of nitrogens with one attached hydrogen (secondary N) is 1. The van der Waals surface area contributed by atoms with Crippen molar-refractivity contribution in [1.29, 1.82) is 0 Å². The molecule has 0 unspecified atom stereocenters. The molecule has 0 aliphatic carbocycles. The molecule has 2 aliphatic rings. The van der Waals surface area contributed by atoms with E-state index < -0.39 is 40.6 Å². The first-order valence-corrected chi connectivity index (χ1v) is 8.13. The molecular formula is C16H27NO5. The van der Waals surface area contributed by atoms with Crippen LogP contribution in [0.1, 0.15) is 59.8 Å². The summed E-state index contributed by atoms with van der Waals surface area (Å²) in [7, 11) is 0. The number of carbonyl (C=O) groups excluding carboxylic acids is 2. The lowest BCUT2D eigenvalue weighted by atomic mass is 9.82. The lowest BCUT2D eigenvalue weighted by Crippen LogP contribution is -2.55. The quantitative estimate of drug-likeness (QED) is 0.500. The molecule has 2 saturated heterocycles. The Kier molecular flexibility index (Phi) is 4.41. The average molecular weight is 313 g/mol. The number of amides is 1. The molecule has 0 saturated carbocycles. The van der Waals surface area contributed by atoms with Gasteiger partial charge in [0.25, 0.3) is 5.91 Å². The largest absolute Gasteiger partial charge is 0.371 e. The minimum Gasteiger partial charge on any atom is -0.371 e. The Labute approximate surface area is 131 Å². The number of hydrogen-bond acceptors (Lipinski definition) is 5. The minimum absolute atomic E-state index is 0.397. The SMILES string of the molecule is CCCCCC[C@@]1(C)O[C@H]2[C@](O)(C(=O)N[C@@]2(O)C(C)C)C1=O. The lowest BCUT2D eigenvalue weighted by Gasteiger charge is -2.34. The maximum absolute atomic E-state index is 12.7. The molecule has 0 bridgehead atoms. The number of rotatable bonds is 6. The number of Topliss-reactive ketones (excluding diaryl/α,β-unsaturated/α-hetero) is 1. The Morgan fingerprint density at radius 2 is 1.86 bits per heavy atom. The van der Waals surface area contributed by atoms with Crippen molar-refractivity contribution in [3.8, 4) is 0 Å². The zero-order valence-electron chi connectivity index (χ0n) is 13.8. The van der Waals surface area contributed by atoms with Crippen molar-refractivity contribution in [2.24, 2.45) is 5.92 Å². The highest BCUT2D eigenvalue weighted by atomic mass is 16.6. The van der Waals surface area contributed by atoms with Crippen LogP contribution >= 0.6 is 0 Å². The predicted molar refractivity (Wildman–Crippen MR) is 79.9 cm³/mol. The fourth-order valence-electron chi connectivity index (χ4n) is 3.40. The number of ether oxygens (including phenoxy) is 1. The molecule has 0 aromatic heterocycles. The molecule has 6 heteroatoms. The maximum Gasteiger partial charge on any atom is 0.265 e. The molecule has 1 amide bonds. The van der Waals surface area contributed by atoms with Crippen LogP contribution in [0, 0.1) is 5.92 Å². The number of carbonyl (C=O) groups is 2. The summed E-state index contributed by atoms with van der Waals surface area (Å²) in [4.78, 5) is 24.8. The highest BCUT2D eigenvalue weighted by Crippen LogP contribution is 2.47. The summed E-state index contributed by atoms with van der Waals surface area (Å²) < 4.78 is 5.78. The summed E-state index contributed by atoms with van der Waals surface area (Å²) in [5.41, 5.74) is -5.25. The van der Waals surface area contributed by atoms with Crippen LogP contribution in [0.2, 0.25) is 0 Å². The number of fused-ring (bicyclic) bond motifs is 1. The normalized spacial score (nSPS) is 41.1. The van der Waals surface area contributed by atoms with E-state index in [4.69, 9.17) is 4.74 Å². The van der Waals surface area contributed by atoms with E-state index in [9.17, 15) is 19.8 Å². The van der Waals surface area contributed by atoms with E-state index in [1.807, 2.05) is 0 Å². The number of ketones is 1. The second kappa shape index (κ2) is 5.58. The van der Waals surface area contributed by atoms with E-state index in [2.05, 4.69) is 12.2 Å². The van der Waals surface area contributed by atoms with E-state index in [1.165, 1.54) is 0 Å². The smallest absolute Gasteiger partial charge is 0.265 e. The van der Waals surface area contributed by atoms with Gasteiger partial charge in [0.15, 0.2) is 11.8 Å². The molecule has 0 aromatic carbocycles. The van der Waals surface area contributed by atoms with Gasteiger partial charge in [0.2, 0.25) is 11.4 Å². The molecule has 126 valence electrons. The Hall–Kier alpha value is -0.980. The fourth-order valence-corrected chi connectivity index (χ4v) is 3.40. The summed E-state index contributed by atoms with van der Waals surface area (Å²) in [5, 5.41) is 23.6. The molecule has 4 atom stereocenters. The minimum atomic E-state index is -2.29. The van der Waals surface area contributed by atoms with Crippen LogP contribution in [0.3, 0.4) is 0 Å². The van der Waals surface area contributed by atoms with Gasteiger partial charge < -0.3 is 20.3 Å². The van der Waals surface area contributed by atoms with Crippen molar-refractivity contribution in [3.05, 3.63) is 0 Å². The van der Waals surface area contributed by atoms with Crippen LogP contribution in [0.25, 0.3) is 0 Å². The van der Waals surface area contributed by atoms with Gasteiger partial charge in [0.1, 0.15) is 5.60 Å². The van der Waals surface area contributed by atoms with Crippen LogP contribution in [0.5, 0.6) is 0 Å². The zero-order valence-corrected chi connectivity index (χ0v) is 13.8. The van der Waals surface area contributed by atoms with E-state index in [-0.39, 0.29) is 0 Å². The molecule has 0 radical (unpaired) electrons. The molecule has 2 heterocycles. The molecular weight excluding hydrogens is 286 g/mol. The van der Waals surface area contributed by atoms with E-state index >= 15 is 0 Å². The highest BCUT2D eigenvalue weighted by molar-refractivity contribution is 6.16. The van der Waals surface area contributed by atoms with E-state index in [0.29, 0.717) is 6.42 Å². The van der Waals surface area contributed by atoms with Gasteiger partial charge in [-0.2, -0.15) is 0 Å². The van der Waals surface area contributed by atoms with Gasteiger partial charge in [-0.15, -0.1) is 0 Å². The van der Waals surface area contributed by atoms with E-state index in [1.54, 1.807) is 20.8 Å². The van der Waals surface area contributed by atoms with Gasteiger partial charge in [-0.05, 0) is 13.3 Å². The van der Waals surface area contributed by atoms with E-state index in [0.717, 1.165) is 25.7 Å². The highest BCUT2D eigenvalue weighted by Gasteiger charge is 2.75. The second-order valence-corrected chi connectivity index (χ2v) is 7.07. The summed E-state index contributed by atoms with van der Waals surface area (Å²) in [5.74, 6) is -1.91. The first-order chi connectivity index (χ1) is 10.1. The van der Waals surface area contributed by atoms with Gasteiger partial charge in [-0.25, -0.2) is 0 Å². The second-order valence-electron chi connectivity index (χ2n) is 7.07. The van der Waals surface area contributed by atoms with Gasteiger partial charge in [-0.1, -0.05) is 46.5 Å². The predicted octanol–water partition coefficient (Wildman–Crippen LogP) is 0.889. The van der Waals surface area contributed by atoms with Crippen molar-refractivity contribution >= 4 is 11.7 Å². The van der Waals surface area contributed by atoms with Crippen LogP contribution in [0.15, 0.2) is 0 Å². The van der Waals surface area contributed by atoms with Crippen molar-refractivity contribution in [1.82, 2.24) is 5.32 Å². The maximum atomic E-state index is 12.7. The summed E-state index contributed by atoms with van der Waals surface area (Å²) in [6, 6.07) is 0. The number of aliphatic hydroxyl groups is 2. The topological polar surface area (TPSA) is 95.9 Å². The molecule has 22 heavy (non-hydrogen) atoms. The third-order valence-electron chi connectivity index (χ3n) is 5.03. The molecule has 6 nitrogen and oxygen atoms in total. The van der Waals surface area contributed by atoms with Crippen LogP contribution < -0.4 is 5.32 Å². The first kappa shape index (κ1) is 17.4. The average Bonchev–Trinajstić information content (AvgIpc) is 2.78.